The third kappa shape index (κ3) is 4.29. The van der Waals surface area contributed by atoms with Crippen LogP contribution < -0.4 is 5.32 Å². The molecule has 0 radical (unpaired) electrons. The van der Waals surface area contributed by atoms with Gasteiger partial charge in [-0.2, -0.15) is 0 Å². The number of ether oxygens (including phenoxy) is 1. The van der Waals surface area contributed by atoms with Crippen LogP contribution in [-0.4, -0.2) is 31.7 Å². The second-order valence-electron chi connectivity index (χ2n) is 3.24. The van der Waals surface area contributed by atoms with Gasteiger partial charge in [-0.15, -0.1) is 11.6 Å². The Labute approximate surface area is 79.6 Å². The molecule has 1 aliphatic rings. The van der Waals surface area contributed by atoms with E-state index in [9.17, 15) is 0 Å². The Kier molecular flexibility index (Phi) is 5.74. The van der Waals surface area contributed by atoms with E-state index in [1.165, 1.54) is 19.3 Å². The molecule has 1 aliphatic heterocycles. The van der Waals surface area contributed by atoms with Gasteiger partial charge >= 0.3 is 0 Å². The van der Waals surface area contributed by atoms with Crippen LogP contribution in [0.4, 0.5) is 0 Å². The molecule has 1 fully saturated rings. The van der Waals surface area contributed by atoms with Gasteiger partial charge in [-0.3, -0.25) is 0 Å². The number of rotatable bonds is 6. The van der Waals surface area contributed by atoms with E-state index in [1.54, 1.807) is 0 Å². The molecule has 0 aromatic rings. The van der Waals surface area contributed by atoms with Gasteiger partial charge in [-0.1, -0.05) is 0 Å². The molecule has 1 atom stereocenters. The molecule has 0 saturated carbocycles. The highest BCUT2D eigenvalue weighted by atomic mass is 35.5. The molecular weight excluding hydrogens is 174 g/mol. The summed E-state index contributed by atoms with van der Waals surface area (Å²) in [6, 6.07) is 0. The molecule has 0 aliphatic carbocycles. The van der Waals surface area contributed by atoms with Gasteiger partial charge in [0.15, 0.2) is 0 Å². The fraction of sp³-hybridized carbons (Fsp3) is 1.00. The third-order valence-electron chi connectivity index (χ3n) is 2.13. The predicted molar refractivity (Wildman–Crippen MR) is 51.8 cm³/mol. The second-order valence-corrected chi connectivity index (χ2v) is 3.61. The van der Waals surface area contributed by atoms with Crippen molar-refractivity contribution in [2.24, 2.45) is 0 Å². The van der Waals surface area contributed by atoms with Crippen LogP contribution >= 0.6 is 11.6 Å². The van der Waals surface area contributed by atoms with Gasteiger partial charge in [0.2, 0.25) is 0 Å². The highest BCUT2D eigenvalue weighted by Crippen LogP contribution is 2.10. The van der Waals surface area contributed by atoms with Crippen molar-refractivity contribution in [1.82, 2.24) is 5.32 Å². The summed E-state index contributed by atoms with van der Waals surface area (Å²) < 4.78 is 5.47. The van der Waals surface area contributed by atoms with Crippen LogP contribution in [-0.2, 0) is 4.74 Å². The number of alkyl halides is 1. The lowest BCUT2D eigenvalue weighted by Gasteiger charge is -2.09. The van der Waals surface area contributed by atoms with Crippen LogP contribution in [0.5, 0.6) is 0 Å². The highest BCUT2D eigenvalue weighted by molar-refractivity contribution is 6.17. The van der Waals surface area contributed by atoms with Gasteiger partial charge in [0.05, 0.1) is 6.10 Å². The average molecular weight is 192 g/mol. The van der Waals surface area contributed by atoms with Crippen molar-refractivity contribution in [3.63, 3.8) is 0 Å². The molecule has 0 bridgehead atoms. The largest absolute Gasteiger partial charge is 0.377 e. The van der Waals surface area contributed by atoms with Gasteiger partial charge in [0.25, 0.3) is 0 Å². The van der Waals surface area contributed by atoms with Crippen molar-refractivity contribution in [1.29, 1.82) is 0 Å². The van der Waals surface area contributed by atoms with E-state index in [-0.39, 0.29) is 0 Å². The topological polar surface area (TPSA) is 21.3 Å². The smallest absolute Gasteiger partial charge is 0.0700 e. The minimum Gasteiger partial charge on any atom is -0.377 e. The minimum atomic E-state index is 0.473. The molecule has 1 saturated heterocycles. The molecule has 0 amide bonds. The molecule has 0 spiro atoms. The monoisotopic (exact) mass is 191 g/mol. The van der Waals surface area contributed by atoms with E-state index < -0.39 is 0 Å². The first-order chi connectivity index (χ1) is 5.93. The normalized spacial score (nSPS) is 23.2. The summed E-state index contributed by atoms with van der Waals surface area (Å²) in [6.45, 7) is 3.04. The van der Waals surface area contributed by atoms with E-state index in [0.29, 0.717) is 6.10 Å². The predicted octanol–water partition coefficient (Wildman–Crippen LogP) is 1.77. The summed E-state index contributed by atoms with van der Waals surface area (Å²) in [5, 5.41) is 3.38. The Balaban J connectivity index is 1.81. The van der Waals surface area contributed by atoms with Crippen LogP contribution in [0.3, 0.4) is 0 Å². The second kappa shape index (κ2) is 6.70. The van der Waals surface area contributed by atoms with E-state index in [2.05, 4.69) is 5.32 Å². The zero-order valence-corrected chi connectivity index (χ0v) is 8.28. The third-order valence-corrected chi connectivity index (χ3v) is 2.40. The quantitative estimate of drug-likeness (QED) is 0.511. The van der Waals surface area contributed by atoms with Gasteiger partial charge < -0.3 is 10.1 Å². The van der Waals surface area contributed by atoms with Gasteiger partial charge in [-0.05, 0) is 32.2 Å². The summed E-state index contributed by atoms with van der Waals surface area (Å²) in [7, 11) is 0. The molecule has 3 heteroatoms. The van der Waals surface area contributed by atoms with Crippen LogP contribution in [0.1, 0.15) is 25.7 Å². The van der Waals surface area contributed by atoms with E-state index in [0.717, 1.165) is 32.0 Å². The standard InChI is InChI=1S/C9H18ClNO/c10-5-1-2-6-11-8-9-4-3-7-12-9/h9,11H,1-8H2. The number of hydrogen-bond donors (Lipinski definition) is 1. The van der Waals surface area contributed by atoms with Crippen LogP contribution in [0.2, 0.25) is 0 Å². The molecule has 1 heterocycles. The molecule has 72 valence electrons. The summed E-state index contributed by atoms with van der Waals surface area (Å²) >= 11 is 5.56. The molecule has 2 nitrogen and oxygen atoms in total. The van der Waals surface area contributed by atoms with Crippen molar-refractivity contribution in [2.75, 3.05) is 25.6 Å². The number of halogens is 1. The molecule has 0 aromatic carbocycles. The highest BCUT2D eigenvalue weighted by Gasteiger charge is 2.13. The fourth-order valence-electron chi connectivity index (χ4n) is 1.41. The average Bonchev–Trinajstić information content (AvgIpc) is 2.57. The number of unbranched alkanes of at least 4 members (excludes halogenated alkanes) is 1. The fourth-order valence-corrected chi connectivity index (χ4v) is 1.60. The summed E-state index contributed by atoms with van der Waals surface area (Å²) in [4.78, 5) is 0. The number of hydrogen-bond acceptors (Lipinski definition) is 2. The molecule has 12 heavy (non-hydrogen) atoms. The summed E-state index contributed by atoms with van der Waals surface area (Å²) in [5.74, 6) is 0.779. The molecular formula is C9H18ClNO. The first kappa shape index (κ1) is 10.3. The summed E-state index contributed by atoms with van der Waals surface area (Å²) in [6.07, 6.45) is 5.22. The molecule has 1 rings (SSSR count). The maximum atomic E-state index is 5.56. The zero-order chi connectivity index (χ0) is 8.65. The Bertz CT molecular complexity index is 105. The van der Waals surface area contributed by atoms with Crippen molar-refractivity contribution < 1.29 is 4.74 Å². The molecule has 1 unspecified atom stereocenters. The summed E-state index contributed by atoms with van der Waals surface area (Å²) in [5.41, 5.74) is 0. The molecule has 1 N–H and O–H groups in total. The lowest BCUT2D eigenvalue weighted by Crippen LogP contribution is -2.27. The minimum absolute atomic E-state index is 0.473. The van der Waals surface area contributed by atoms with Crippen LogP contribution in [0.15, 0.2) is 0 Å². The SMILES string of the molecule is ClCCCCNCC1CCCO1. The van der Waals surface area contributed by atoms with E-state index >= 15 is 0 Å². The van der Waals surface area contributed by atoms with Crippen molar-refractivity contribution in [3.05, 3.63) is 0 Å². The van der Waals surface area contributed by atoms with E-state index in [1.807, 2.05) is 0 Å². The van der Waals surface area contributed by atoms with Crippen molar-refractivity contribution >= 4 is 11.6 Å². The first-order valence-electron chi connectivity index (χ1n) is 4.82. The Hall–Kier alpha value is 0.210. The van der Waals surface area contributed by atoms with Crippen molar-refractivity contribution in [3.8, 4) is 0 Å². The van der Waals surface area contributed by atoms with Crippen LogP contribution in [0, 0.1) is 0 Å². The van der Waals surface area contributed by atoms with E-state index in [4.69, 9.17) is 16.3 Å². The Morgan fingerprint density at radius 1 is 1.42 bits per heavy atom. The molecule has 0 aromatic heterocycles. The lowest BCUT2D eigenvalue weighted by atomic mass is 10.2. The maximum Gasteiger partial charge on any atom is 0.0700 e. The Morgan fingerprint density at radius 2 is 2.33 bits per heavy atom. The maximum absolute atomic E-state index is 5.56. The lowest BCUT2D eigenvalue weighted by molar-refractivity contribution is 0.110. The van der Waals surface area contributed by atoms with Gasteiger partial charge in [0.1, 0.15) is 0 Å². The van der Waals surface area contributed by atoms with Gasteiger partial charge in [-0.25, -0.2) is 0 Å². The van der Waals surface area contributed by atoms with Crippen LogP contribution in [0.25, 0.3) is 0 Å². The number of nitrogens with one attached hydrogen (secondary N) is 1. The van der Waals surface area contributed by atoms with Gasteiger partial charge in [0, 0.05) is 19.0 Å². The van der Waals surface area contributed by atoms with Crippen molar-refractivity contribution in [2.45, 2.75) is 31.8 Å². The zero-order valence-electron chi connectivity index (χ0n) is 7.52. The Morgan fingerprint density at radius 3 is 3.00 bits per heavy atom. The first-order valence-corrected chi connectivity index (χ1v) is 5.35.